The molecular weight excluding hydrogens is 262 g/mol. The summed E-state index contributed by atoms with van der Waals surface area (Å²) in [7, 11) is -1.60. The third-order valence-corrected chi connectivity index (χ3v) is 5.76. The molecule has 0 amide bonds. The van der Waals surface area contributed by atoms with Crippen molar-refractivity contribution in [3.05, 3.63) is 41.4 Å². The van der Waals surface area contributed by atoms with Crippen LogP contribution in [0.1, 0.15) is 5.56 Å². The number of rotatable bonds is 2. The van der Waals surface area contributed by atoms with Gasteiger partial charge in [0.25, 0.3) is 0 Å². The summed E-state index contributed by atoms with van der Waals surface area (Å²) in [6, 6.07) is 7.94. The van der Waals surface area contributed by atoms with Crippen molar-refractivity contribution in [2.75, 3.05) is 0 Å². The Bertz CT molecular complexity index is 540. The van der Waals surface area contributed by atoms with Crippen LogP contribution in [0.5, 0.6) is 0 Å². The molecule has 0 atom stereocenters. The van der Waals surface area contributed by atoms with E-state index >= 15 is 0 Å². The summed E-state index contributed by atoms with van der Waals surface area (Å²) in [5.41, 5.74) is 1.13. The van der Waals surface area contributed by atoms with Crippen LogP contribution in [-0.4, -0.2) is 5.04 Å². The number of benzene rings is 1. The molecule has 0 N–H and O–H groups in total. The SMILES string of the molecule is S=S1(=S)C=CN=C1Cc1ccccc1S. The summed E-state index contributed by atoms with van der Waals surface area (Å²) < 4.78 is 0. The van der Waals surface area contributed by atoms with Crippen LogP contribution < -0.4 is 0 Å². The van der Waals surface area contributed by atoms with Crippen molar-refractivity contribution in [1.29, 1.82) is 0 Å². The second-order valence-corrected chi connectivity index (χ2v) is 9.26. The molecule has 0 radical (unpaired) electrons. The summed E-state index contributed by atoms with van der Waals surface area (Å²) >= 11 is 15.0. The summed E-state index contributed by atoms with van der Waals surface area (Å²) in [6.45, 7) is 0. The van der Waals surface area contributed by atoms with Gasteiger partial charge >= 0.3 is 0 Å². The maximum atomic E-state index is 5.33. The van der Waals surface area contributed by atoms with Crippen LogP contribution >= 0.6 is 12.6 Å². The molecule has 1 heterocycles. The Kier molecular flexibility index (Phi) is 3.25. The van der Waals surface area contributed by atoms with Crippen LogP contribution in [0.25, 0.3) is 0 Å². The van der Waals surface area contributed by atoms with Crippen molar-refractivity contribution in [2.24, 2.45) is 4.99 Å². The van der Waals surface area contributed by atoms with Crippen LogP contribution in [0.3, 0.4) is 0 Å². The maximum Gasteiger partial charge on any atom is 0.0895 e. The Balaban J connectivity index is 2.29. The van der Waals surface area contributed by atoms with E-state index in [0.717, 1.165) is 21.9 Å². The molecule has 0 saturated heterocycles. The molecule has 1 aliphatic heterocycles. The standard InChI is InChI=1S/C10H9NS4/c12-9-4-2-1-3-8(9)7-10-11-5-6-15(10,13)14/h1-6,12H,7H2. The predicted molar refractivity (Wildman–Crippen MR) is 76.1 cm³/mol. The zero-order valence-corrected chi connectivity index (χ0v) is 11.1. The van der Waals surface area contributed by atoms with Crippen molar-refractivity contribution >= 4 is 47.2 Å². The van der Waals surface area contributed by atoms with Gasteiger partial charge in [-0.1, -0.05) is 18.2 Å². The van der Waals surface area contributed by atoms with Gasteiger partial charge in [0.1, 0.15) is 0 Å². The molecule has 1 aliphatic rings. The first-order valence-corrected chi connectivity index (χ1v) is 8.34. The normalized spacial score (nSPS) is 17.8. The van der Waals surface area contributed by atoms with Gasteiger partial charge in [0.05, 0.1) is 5.04 Å². The van der Waals surface area contributed by atoms with Gasteiger partial charge in [0.2, 0.25) is 0 Å². The molecule has 2 rings (SSSR count). The van der Waals surface area contributed by atoms with Gasteiger partial charge in [-0.15, -0.1) is 12.6 Å². The average molecular weight is 271 g/mol. The van der Waals surface area contributed by atoms with Gasteiger partial charge in [-0.05, 0) is 41.2 Å². The highest BCUT2D eigenvalue weighted by Gasteiger charge is 2.14. The van der Waals surface area contributed by atoms with Crippen molar-refractivity contribution in [3.63, 3.8) is 0 Å². The summed E-state index contributed by atoms with van der Waals surface area (Å²) in [6.07, 6.45) is 2.45. The molecule has 0 aliphatic carbocycles. The molecule has 1 nitrogen and oxygen atoms in total. The van der Waals surface area contributed by atoms with E-state index < -0.39 is 7.15 Å². The minimum Gasteiger partial charge on any atom is -0.253 e. The van der Waals surface area contributed by atoms with Crippen LogP contribution in [0.15, 0.2) is 45.8 Å². The average Bonchev–Trinajstić information content (AvgIpc) is 2.50. The highest BCUT2D eigenvalue weighted by molar-refractivity contribution is 8.64. The molecule has 0 spiro atoms. The Morgan fingerprint density at radius 3 is 2.60 bits per heavy atom. The second-order valence-electron chi connectivity index (χ2n) is 3.16. The van der Waals surface area contributed by atoms with Crippen LogP contribution in [0.4, 0.5) is 0 Å². The highest BCUT2D eigenvalue weighted by atomic mass is 33.1. The first-order valence-electron chi connectivity index (χ1n) is 4.35. The Morgan fingerprint density at radius 2 is 2.00 bits per heavy atom. The lowest BCUT2D eigenvalue weighted by atomic mass is 10.2. The van der Waals surface area contributed by atoms with E-state index in [1.165, 1.54) is 0 Å². The predicted octanol–water partition coefficient (Wildman–Crippen LogP) is 2.48. The van der Waals surface area contributed by atoms with Crippen LogP contribution in [0.2, 0.25) is 0 Å². The van der Waals surface area contributed by atoms with Crippen molar-refractivity contribution in [3.8, 4) is 0 Å². The van der Waals surface area contributed by atoms with Gasteiger partial charge in [-0.3, -0.25) is 4.99 Å². The summed E-state index contributed by atoms with van der Waals surface area (Å²) in [4.78, 5) is 5.22. The van der Waals surface area contributed by atoms with Gasteiger partial charge in [0, 0.05) is 22.9 Å². The highest BCUT2D eigenvalue weighted by Crippen LogP contribution is 2.18. The lowest BCUT2D eigenvalue weighted by Crippen LogP contribution is -2.09. The fourth-order valence-corrected chi connectivity index (χ4v) is 3.41. The van der Waals surface area contributed by atoms with Crippen molar-refractivity contribution < 1.29 is 0 Å². The molecule has 1 aromatic carbocycles. The lowest BCUT2D eigenvalue weighted by molar-refractivity contribution is 1.23. The fourth-order valence-electron chi connectivity index (χ4n) is 1.32. The monoisotopic (exact) mass is 271 g/mol. The van der Waals surface area contributed by atoms with E-state index in [0.29, 0.717) is 0 Å². The van der Waals surface area contributed by atoms with Crippen LogP contribution in [0, 0.1) is 0 Å². The van der Waals surface area contributed by atoms with Gasteiger partial charge in [0.15, 0.2) is 0 Å². The molecule has 78 valence electrons. The van der Waals surface area contributed by atoms with Crippen molar-refractivity contribution in [1.82, 2.24) is 0 Å². The Morgan fingerprint density at radius 1 is 1.27 bits per heavy atom. The minimum absolute atomic E-state index is 0.717. The number of nitrogens with zero attached hydrogens (tertiary/aromatic N) is 1. The topological polar surface area (TPSA) is 12.4 Å². The smallest absolute Gasteiger partial charge is 0.0895 e. The molecule has 0 aromatic heterocycles. The number of hydrogen-bond donors (Lipinski definition) is 1. The Labute approximate surface area is 105 Å². The maximum absolute atomic E-state index is 5.33. The van der Waals surface area contributed by atoms with Crippen LogP contribution in [-0.2, 0) is 35.9 Å². The van der Waals surface area contributed by atoms with E-state index in [2.05, 4.69) is 17.6 Å². The first kappa shape index (κ1) is 11.3. The molecule has 0 saturated carbocycles. The Hall–Kier alpha value is -0.230. The molecule has 0 fully saturated rings. The van der Waals surface area contributed by atoms with Gasteiger partial charge < -0.3 is 0 Å². The first-order chi connectivity index (χ1) is 7.09. The largest absolute Gasteiger partial charge is 0.253 e. The van der Waals surface area contributed by atoms with Gasteiger partial charge in [-0.2, -0.15) is 0 Å². The summed E-state index contributed by atoms with van der Waals surface area (Å²) in [5.74, 6) is 0. The third kappa shape index (κ3) is 2.47. The molecule has 0 unspecified atom stereocenters. The van der Waals surface area contributed by atoms with E-state index in [-0.39, 0.29) is 0 Å². The molecule has 5 heteroatoms. The molecule has 15 heavy (non-hydrogen) atoms. The fraction of sp³-hybridized carbons (Fsp3) is 0.100. The molecule has 1 aromatic rings. The lowest BCUT2D eigenvalue weighted by Gasteiger charge is -2.07. The molecular formula is C10H9NS4. The molecule has 0 bridgehead atoms. The summed E-state index contributed by atoms with van der Waals surface area (Å²) in [5, 5.41) is 2.78. The third-order valence-electron chi connectivity index (χ3n) is 2.12. The zero-order chi connectivity index (χ0) is 10.9. The quantitative estimate of drug-likeness (QED) is 0.830. The number of hydrogen-bond acceptors (Lipinski definition) is 4. The minimum atomic E-state index is -1.60. The van der Waals surface area contributed by atoms with E-state index in [9.17, 15) is 0 Å². The van der Waals surface area contributed by atoms with Gasteiger partial charge in [-0.25, -0.2) is 0 Å². The van der Waals surface area contributed by atoms with E-state index in [1.54, 1.807) is 6.20 Å². The van der Waals surface area contributed by atoms with E-state index in [4.69, 9.17) is 22.4 Å². The number of aliphatic imine (C=N–C) groups is 1. The van der Waals surface area contributed by atoms with Crippen molar-refractivity contribution in [2.45, 2.75) is 11.3 Å². The van der Waals surface area contributed by atoms with E-state index in [1.807, 2.05) is 29.7 Å². The zero-order valence-electron chi connectivity index (χ0n) is 7.79. The number of thiol groups is 1. The second kappa shape index (κ2) is 4.33.